The first-order chi connectivity index (χ1) is 8.59. The standard InChI is InChI=1S/C11H19N5O2/c1-8-6-18-5-4-16(8)11(17)13-9(2)10-14-12-7-15(10)3/h7-9H,4-6H2,1-3H3,(H,13,17)/t8-,9-/m0/s1. The molecule has 1 aromatic heterocycles. The van der Waals surface area contributed by atoms with Gasteiger partial charge in [-0.05, 0) is 13.8 Å². The Bertz CT molecular complexity index is 419. The summed E-state index contributed by atoms with van der Waals surface area (Å²) in [6.45, 7) is 5.68. The van der Waals surface area contributed by atoms with Crippen LogP contribution >= 0.6 is 0 Å². The first-order valence-corrected chi connectivity index (χ1v) is 6.08. The number of amides is 2. The number of carbonyl (C=O) groups excluding carboxylic acids is 1. The number of ether oxygens (including phenoxy) is 1. The number of aromatic nitrogens is 3. The minimum absolute atomic E-state index is 0.0821. The Kier molecular flexibility index (Phi) is 3.81. The van der Waals surface area contributed by atoms with E-state index in [2.05, 4.69) is 15.5 Å². The Morgan fingerprint density at radius 3 is 3.06 bits per heavy atom. The maximum Gasteiger partial charge on any atom is 0.318 e. The Labute approximate surface area is 106 Å². The Morgan fingerprint density at radius 1 is 1.67 bits per heavy atom. The first kappa shape index (κ1) is 12.8. The van der Waals surface area contributed by atoms with Crippen molar-refractivity contribution < 1.29 is 9.53 Å². The number of nitrogens with zero attached hydrogens (tertiary/aromatic N) is 4. The summed E-state index contributed by atoms with van der Waals surface area (Å²) in [6.07, 6.45) is 1.62. The fourth-order valence-electron chi connectivity index (χ4n) is 2.05. The molecule has 1 aromatic rings. The van der Waals surface area contributed by atoms with Gasteiger partial charge >= 0.3 is 6.03 Å². The molecule has 0 spiro atoms. The molecule has 2 heterocycles. The SMILES string of the molecule is C[C@H](NC(=O)N1CCOC[C@@H]1C)c1nncn1C. The third-order valence-corrected chi connectivity index (χ3v) is 3.10. The molecule has 0 bridgehead atoms. The van der Waals surface area contributed by atoms with Crippen molar-refractivity contribution >= 4 is 6.03 Å². The minimum Gasteiger partial charge on any atom is -0.377 e. The molecule has 0 saturated carbocycles. The Balaban J connectivity index is 1.96. The van der Waals surface area contributed by atoms with Crippen molar-refractivity contribution in [1.29, 1.82) is 0 Å². The van der Waals surface area contributed by atoms with Crippen molar-refractivity contribution in [3.63, 3.8) is 0 Å². The summed E-state index contributed by atoms with van der Waals surface area (Å²) in [4.78, 5) is 13.9. The monoisotopic (exact) mass is 253 g/mol. The fraction of sp³-hybridized carbons (Fsp3) is 0.727. The van der Waals surface area contributed by atoms with Crippen LogP contribution in [-0.2, 0) is 11.8 Å². The Morgan fingerprint density at radius 2 is 2.44 bits per heavy atom. The van der Waals surface area contributed by atoms with Gasteiger partial charge in [-0.1, -0.05) is 0 Å². The maximum absolute atomic E-state index is 12.1. The number of hydrogen-bond donors (Lipinski definition) is 1. The summed E-state index contributed by atoms with van der Waals surface area (Å²) in [7, 11) is 1.86. The van der Waals surface area contributed by atoms with Gasteiger partial charge in [-0.15, -0.1) is 10.2 Å². The van der Waals surface area contributed by atoms with E-state index >= 15 is 0 Å². The lowest BCUT2D eigenvalue weighted by molar-refractivity contribution is 0.0184. The summed E-state index contributed by atoms with van der Waals surface area (Å²) in [5.74, 6) is 0.740. The normalized spacial score (nSPS) is 21.7. The van der Waals surface area contributed by atoms with Crippen LogP contribution < -0.4 is 5.32 Å². The van der Waals surface area contributed by atoms with Crippen LogP contribution in [0.25, 0.3) is 0 Å². The van der Waals surface area contributed by atoms with Crippen LogP contribution in [0.15, 0.2) is 6.33 Å². The number of rotatable bonds is 2. The lowest BCUT2D eigenvalue weighted by Gasteiger charge is -2.34. The van der Waals surface area contributed by atoms with E-state index in [4.69, 9.17) is 4.74 Å². The molecule has 2 amide bonds. The molecule has 1 saturated heterocycles. The molecule has 7 heteroatoms. The topological polar surface area (TPSA) is 72.3 Å². The first-order valence-electron chi connectivity index (χ1n) is 6.08. The molecule has 7 nitrogen and oxygen atoms in total. The van der Waals surface area contributed by atoms with E-state index < -0.39 is 0 Å². The van der Waals surface area contributed by atoms with Crippen LogP contribution in [0.4, 0.5) is 4.79 Å². The van der Waals surface area contributed by atoms with Crippen LogP contribution in [0.3, 0.4) is 0 Å². The van der Waals surface area contributed by atoms with Gasteiger partial charge in [0.15, 0.2) is 5.82 Å². The van der Waals surface area contributed by atoms with E-state index in [0.717, 1.165) is 5.82 Å². The molecule has 18 heavy (non-hydrogen) atoms. The van der Waals surface area contributed by atoms with Crippen LogP contribution in [0, 0.1) is 0 Å². The van der Waals surface area contributed by atoms with E-state index in [0.29, 0.717) is 19.8 Å². The fourth-order valence-corrected chi connectivity index (χ4v) is 2.05. The second kappa shape index (κ2) is 5.34. The van der Waals surface area contributed by atoms with Crippen LogP contribution in [0.5, 0.6) is 0 Å². The average molecular weight is 253 g/mol. The van der Waals surface area contributed by atoms with Gasteiger partial charge < -0.3 is 19.5 Å². The molecule has 0 unspecified atom stereocenters. The molecule has 0 aliphatic carbocycles. The van der Waals surface area contributed by atoms with Crippen LogP contribution in [0.2, 0.25) is 0 Å². The highest BCUT2D eigenvalue weighted by Crippen LogP contribution is 2.11. The zero-order valence-electron chi connectivity index (χ0n) is 11.0. The molecule has 2 rings (SSSR count). The van der Waals surface area contributed by atoms with Gasteiger partial charge in [0.2, 0.25) is 0 Å². The minimum atomic E-state index is -0.167. The highest BCUT2D eigenvalue weighted by molar-refractivity contribution is 5.75. The molecule has 1 aliphatic heterocycles. The molecule has 0 radical (unpaired) electrons. The van der Waals surface area contributed by atoms with E-state index in [-0.39, 0.29) is 18.1 Å². The molecule has 0 aromatic carbocycles. The molecular weight excluding hydrogens is 234 g/mol. The third-order valence-electron chi connectivity index (χ3n) is 3.10. The van der Waals surface area contributed by atoms with Crippen LogP contribution in [0.1, 0.15) is 25.7 Å². The van der Waals surface area contributed by atoms with Gasteiger partial charge in [0.05, 0.1) is 25.3 Å². The van der Waals surface area contributed by atoms with Gasteiger partial charge in [-0.25, -0.2) is 4.79 Å². The van der Waals surface area contributed by atoms with E-state index in [1.165, 1.54) is 0 Å². The summed E-state index contributed by atoms with van der Waals surface area (Å²) < 4.78 is 7.11. The number of aryl methyl sites for hydroxylation is 1. The van der Waals surface area contributed by atoms with Gasteiger partial charge in [0.25, 0.3) is 0 Å². The predicted molar refractivity (Wildman–Crippen MR) is 64.9 cm³/mol. The van der Waals surface area contributed by atoms with Crippen molar-refractivity contribution in [2.75, 3.05) is 19.8 Å². The maximum atomic E-state index is 12.1. The summed E-state index contributed by atoms with van der Waals surface area (Å²) in [5.41, 5.74) is 0. The molecule has 1 fully saturated rings. The Hall–Kier alpha value is -1.63. The highest BCUT2D eigenvalue weighted by atomic mass is 16.5. The zero-order chi connectivity index (χ0) is 13.1. The van der Waals surface area contributed by atoms with Gasteiger partial charge in [0.1, 0.15) is 6.33 Å². The molecule has 1 N–H and O–H groups in total. The molecule has 100 valence electrons. The highest BCUT2D eigenvalue weighted by Gasteiger charge is 2.25. The smallest absolute Gasteiger partial charge is 0.318 e. The second-order valence-electron chi connectivity index (χ2n) is 4.59. The number of nitrogens with one attached hydrogen (secondary N) is 1. The second-order valence-corrected chi connectivity index (χ2v) is 4.59. The van der Waals surface area contributed by atoms with Gasteiger partial charge in [-0.3, -0.25) is 0 Å². The van der Waals surface area contributed by atoms with E-state index in [1.807, 2.05) is 20.9 Å². The lowest BCUT2D eigenvalue weighted by Crippen LogP contribution is -2.51. The molecule has 2 atom stereocenters. The van der Waals surface area contributed by atoms with E-state index in [1.54, 1.807) is 15.8 Å². The average Bonchev–Trinajstić information content (AvgIpc) is 2.76. The van der Waals surface area contributed by atoms with Crippen molar-refractivity contribution in [2.24, 2.45) is 7.05 Å². The summed E-state index contributed by atoms with van der Waals surface area (Å²) in [5, 5.41) is 10.7. The number of carbonyl (C=O) groups is 1. The number of hydrogen-bond acceptors (Lipinski definition) is 4. The predicted octanol–water partition coefficient (Wildman–Crippen LogP) is 0.306. The van der Waals surface area contributed by atoms with Crippen molar-refractivity contribution in [1.82, 2.24) is 25.0 Å². The van der Waals surface area contributed by atoms with Crippen LogP contribution in [-0.4, -0.2) is 51.5 Å². The largest absolute Gasteiger partial charge is 0.377 e. The quantitative estimate of drug-likeness (QED) is 0.823. The van der Waals surface area contributed by atoms with Crippen molar-refractivity contribution in [2.45, 2.75) is 25.9 Å². The third kappa shape index (κ3) is 2.61. The number of morpholine rings is 1. The lowest BCUT2D eigenvalue weighted by atomic mass is 10.2. The van der Waals surface area contributed by atoms with Gasteiger partial charge in [0, 0.05) is 13.6 Å². The number of urea groups is 1. The molecule has 1 aliphatic rings. The zero-order valence-corrected chi connectivity index (χ0v) is 11.0. The van der Waals surface area contributed by atoms with Crippen molar-refractivity contribution in [3.8, 4) is 0 Å². The van der Waals surface area contributed by atoms with Crippen molar-refractivity contribution in [3.05, 3.63) is 12.2 Å². The van der Waals surface area contributed by atoms with E-state index in [9.17, 15) is 4.79 Å². The summed E-state index contributed by atoms with van der Waals surface area (Å²) >= 11 is 0. The van der Waals surface area contributed by atoms with Gasteiger partial charge in [-0.2, -0.15) is 0 Å². The molecular formula is C11H19N5O2. The summed E-state index contributed by atoms with van der Waals surface area (Å²) in [6, 6.07) is -0.146.